The number of benzene rings is 3. The second-order valence-electron chi connectivity index (χ2n) is 8.48. The summed E-state index contributed by atoms with van der Waals surface area (Å²) in [7, 11) is 0. The number of aromatic nitrogens is 1. The maximum atomic E-state index is 13.6. The van der Waals surface area contributed by atoms with Gasteiger partial charge in [-0.2, -0.15) is 0 Å². The van der Waals surface area contributed by atoms with Crippen LogP contribution < -0.4 is 0 Å². The molecule has 0 atom stereocenters. The van der Waals surface area contributed by atoms with Gasteiger partial charge < -0.3 is 4.90 Å². The van der Waals surface area contributed by atoms with Gasteiger partial charge in [-0.25, -0.2) is 4.98 Å². The van der Waals surface area contributed by atoms with E-state index in [-0.39, 0.29) is 5.91 Å². The number of hydrogen-bond donors (Lipinski definition) is 0. The molecule has 0 N–H and O–H groups in total. The number of amides is 1. The van der Waals surface area contributed by atoms with Crippen molar-refractivity contribution in [3.63, 3.8) is 0 Å². The Morgan fingerprint density at radius 3 is 2.35 bits per heavy atom. The van der Waals surface area contributed by atoms with E-state index in [0.717, 1.165) is 41.8 Å². The van der Waals surface area contributed by atoms with Crippen LogP contribution in [0, 0.1) is 0 Å². The first-order valence-corrected chi connectivity index (χ1v) is 11.9. The maximum Gasteiger partial charge on any atom is 0.254 e. The molecule has 34 heavy (non-hydrogen) atoms. The van der Waals surface area contributed by atoms with Crippen LogP contribution in [0.15, 0.2) is 91.0 Å². The van der Waals surface area contributed by atoms with Gasteiger partial charge in [0.05, 0.1) is 16.8 Å². The lowest BCUT2D eigenvalue weighted by Crippen LogP contribution is -2.48. The van der Waals surface area contributed by atoms with Crippen LogP contribution in [0.5, 0.6) is 0 Å². The number of pyridine rings is 1. The molecule has 0 spiro atoms. The van der Waals surface area contributed by atoms with Crippen molar-refractivity contribution in [1.82, 2.24) is 14.8 Å². The van der Waals surface area contributed by atoms with Gasteiger partial charge in [0, 0.05) is 48.7 Å². The number of carbonyl (C=O) groups excluding carboxylic acids is 1. The number of nitrogens with zero attached hydrogens (tertiary/aromatic N) is 3. The van der Waals surface area contributed by atoms with E-state index in [1.54, 1.807) is 0 Å². The molecule has 0 bridgehead atoms. The summed E-state index contributed by atoms with van der Waals surface area (Å²) >= 11 is 6.06. The number of rotatable bonds is 5. The van der Waals surface area contributed by atoms with E-state index in [0.29, 0.717) is 23.7 Å². The molecule has 0 radical (unpaired) electrons. The zero-order chi connectivity index (χ0) is 23.3. The fourth-order valence-electron chi connectivity index (χ4n) is 4.33. The summed E-state index contributed by atoms with van der Waals surface area (Å²) in [5, 5.41) is 1.57. The lowest BCUT2D eigenvalue weighted by Gasteiger charge is -2.34. The van der Waals surface area contributed by atoms with Crippen LogP contribution in [0.3, 0.4) is 0 Å². The van der Waals surface area contributed by atoms with E-state index in [9.17, 15) is 4.79 Å². The van der Waals surface area contributed by atoms with Crippen molar-refractivity contribution in [3.8, 4) is 11.3 Å². The molecule has 4 aromatic rings. The number of para-hydroxylation sites is 1. The summed E-state index contributed by atoms with van der Waals surface area (Å²) in [6.07, 6.45) is 4.35. The van der Waals surface area contributed by atoms with E-state index in [1.165, 1.54) is 5.56 Å². The van der Waals surface area contributed by atoms with Crippen molar-refractivity contribution < 1.29 is 4.79 Å². The third kappa shape index (κ3) is 5.04. The number of hydrogen-bond acceptors (Lipinski definition) is 3. The van der Waals surface area contributed by atoms with Gasteiger partial charge in [-0.3, -0.25) is 9.69 Å². The molecule has 1 amide bonds. The van der Waals surface area contributed by atoms with Gasteiger partial charge in [0.2, 0.25) is 0 Å². The summed E-state index contributed by atoms with van der Waals surface area (Å²) in [6, 6.07) is 27.7. The molecule has 1 aromatic heterocycles. The van der Waals surface area contributed by atoms with Crippen LogP contribution >= 0.6 is 11.6 Å². The molecule has 3 aromatic carbocycles. The molecule has 0 saturated carbocycles. The number of piperazine rings is 1. The van der Waals surface area contributed by atoms with Gasteiger partial charge >= 0.3 is 0 Å². The van der Waals surface area contributed by atoms with E-state index < -0.39 is 0 Å². The van der Waals surface area contributed by atoms with Crippen molar-refractivity contribution in [3.05, 3.63) is 107 Å². The largest absolute Gasteiger partial charge is 0.336 e. The van der Waals surface area contributed by atoms with Crippen LogP contribution in [-0.4, -0.2) is 53.4 Å². The van der Waals surface area contributed by atoms with E-state index in [4.69, 9.17) is 16.6 Å². The molecule has 0 unspecified atom stereocenters. The first-order valence-electron chi connectivity index (χ1n) is 11.6. The summed E-state index contributed by atoms with van der Waals surface area (Å²) in [4.78, 5) is 22.8. The van der Waals surface area contributed by atoms with Gasteiger partial charge in [-0.1, -0.05) is 84.4 Å². The Morgan fingerprint density at radius 2 is 1.59 bits per heavy atom. The first-order chi connectivity index (χ1) is 16.7. The zero-order valence-corrected chi connectivity index (χ0v) is 19.7. The molecular weight excluding hydrogens is 442 g/mol. The van der Waals surface area contributed by atoms with Gasteiger partial charge in [-0.05, 0) is 29.8 Å². The molecule has 1 fully saturated rings. The monoisotopic (exact) mass is 467 g/mol. The predicted octanol–water partition coefficient (Wildman–Crippen LogP) is 6.03. The molecule has 170 valence electrons. The topological polar surface area (TPSA) is 36.4 Å². The van der Waals surface area contributed by atoms with Gasteiger partial charge in [0.15, 0.2) is 0 Å². The van der Waals surface area contributed by atoms with Crippen molar-refractivity contribution in [2.45, 2.75) is 0 Å². The van der Waals surface area contributed by atoms with E-state index in [1.807, 2.05) is 77.7 Å². The van der Waals surface area contributed by atoms with Crippen LogP contribution in [0.2, 0.25) is 5.02 Å². The number of carbonyl (C=O) groups is 1. The highest BCUT2D eigenvalue weighted by atomic mass is 35.5. The summed E-state index contributed by atoms with van der Waals surface area (Å²) in [5.74, 6) is 0.0632. The van der Waals surface area contributed by atoms with Crippen molar-refractivity contribution in [1.29, 1.82) is 0 Å². The lowest BCUT2D eigenvalue weighted by molar-refractivity contribution is 0.0652. The molecule has 5 heteroatoms. The predicted molar refractivity (Wildman–Crippen MR) is 140 cm³/mol. The molecule has 0 aliphatic carbocycles. The molecule has 2 heterocycles. The fourth-order valence-corrected chi connectivity index (χ4v) is 4.45. The van der Waals surface area contributed by atoms with Gasteiger partial charge in [0.25, 0.3) is 5.91 Å². The molecule has 4 nitrogen and oxygen atoms in total. The second kappa shape index (κ2) is 10.2. The van der Waals surface area contributed by atoms with Crippen molar-refractivity contribution in [2.75, 3.05) is 32.7 Å². The standard InChI is InChI=1S/C29H26ClN3O/c30-24-14-12-23(13-15-24)28-21-26(25-10-4-5-11-27(25)31-28)29(34)33-19-17-32(18-20-33)16-6-9-22-7-2-1-3-8-22/h1-15,21H,16-20H2. The normalized spacial score (nSPS) is 14.7. The molecule has 1 aliphatic rings. The highest BCUT2D eigenvalue weighted by Crippen LogP contribution is 2.27. The quantitative estimate of drug-likeness (QED) is 0.359. The average molecular weight is 468 g/mol. The Balaban J connectivity index is 1.31. The van der Waals surface area contributed by atoms with Crippen molar-refractivity contribution >= 4 is 34.5 Å². The van der Waals surface area contributed by atoms with E-state index >= 15 is 0 Å². The van der Waals surface area contributed by atoms with Crippen LogP contribution in [0.1, 0.15) is 15.9 Å². The second-order valence-corrected chi connectivity index (χ2v) is 8.92. The fraction of sp³-hybridized carbons (Fsp3) is 0.172. The third-order valence-electron chi connectivity index (χ3n) is 6.22. The lowest BCUT2D eigenvalue weighted by atomic mass is 10.0. The van der Waals surface area contributed by atoms with E-state index in [2.05, 4.69) is 29.2 Å². The minimum Gasteiger partial charge on any atom is -0.336 e. The first kappa shape index (κ1) is 22.3. The smallest absolute Gasteiger partial charge is 0.254 e. The van der Waals surface area contributed by atoms with Gasteiger partial charge in [0.1, 0.15) is 0 Å². The highest BCUT2D eigenvalue weighted by molar-refractivity contribution is 6.30. The molecule has 5 rings (SSSR count). The Morgan fingerprint density at radius 1 is 0.882 bits per heavy atom. The summed E-state index contributed by atoms with van der Waals surface area (Å²) < 4.78 is 0. The SMILES string of the molecule is O=C(c1cc(-c2ccc(Cl)cc2)nc2ccccc12)N1CCN(CC=Cc2ccccc2)CC1. The van der Waals surface area contributed by atoms with Gasteiger partial charge in [-0.15, -0.1) is 0 Å². The third-order valence-corrected chi connectivity index (χ3v) is 6.47. The molecular formula is C29H26ClN3O. The van der Waals surface area contributed by atoms with Crippen molar-refractivity contribution in [2.24, 2.45) is 0 Å². The highest BCUT2D eigenvalue weighted by Gasteiger charge is 2.24. The van der Waals surface area contributed by atoms with Crippen LogP contribution in [0.4, 0.5) is 0 Å². The summed E-state index contributed by atoms with van der Waals surface area (Å²) in [6.45, 7) is 4.03. The minimum atomic E-state index is 0.0632. The number of halogens is 1. The zero-order valence-electron chi connectivity index (χ0n) is 18.9. The molecule has 1 aliphatic heterocycles. The average Bonchev–Trinajstić information content (AvgIpc) is 2.89. The summed E-state index contributed by atoms with van der Waals surface area (Å²) in [5.41, 5.74) is 4.45. The Kier molecular flexibility index (Phi) is 6.70. The number of fused-ring (bicyclic) bond motifs is 1. The molecule has 1 saturated heterocycles. The Labute approximate surface area is 205 Å². The van der Waals surface area contributed by atoms with Crippen LogP contribution in [0.25, 0.3) is 28.2 Å². The maximum absolute atomic E-state index is 13.6. The Bertz CT molecular complexity index is 1310. The van der Waals surface area contributed by atoms with Crippen LogP contribution in [-0.2, 0) is 0 Å². The minimum absolute atomic E-state index is 0.0632. The Hall–Kier alpha value is -3.47.